The molecule has 182 valence electrons. The van der Waals surface area contributed by atoms with E-state index in [2.05, 4.69) is 10.3 Å². The zero-order chi connectivity index (χ0) is 25.0. The number of hydrogen-bond donors (Lipinski definition) is 1. The second-order valence-corrected chi connectivity index (χ2v) is 8.39. The van der Waals surface area contributed by atoms with Crippen molar-refractivity contribution in [2.24, 2.45) is 0 Å². The van der Waals surface area contributed by atoms with Crippen molar-refractivity contribution in [3.63, 3.8) is 0 Å². The van der Waals surface area contributed by atoms with Crippen LogP contribution in [0.3, 0.4) is 0 Å². The molecule has 0 bridgehead atoms. The van der Waals surface area contributed by atoms with Gasteiger partial charge < -0.3 is 15.0 Å². The maximum atomic E-state index is 13.6. The molecule has 1 atom stereocenters. The average Bonchev–Trinajstić information content (AvgIpc) is 2.94. The number of pyridine rings is 1. The van der Waals surface area contributed by atoms with Crippen LogP contribution in [0.4, 0.5) is 0 Å². The second-order valence-electron chi connectivity index (χ2n) is 8.39. The Bertz CT molecular complexity index is 1120. The number of amides is 2. The van der Waals surface area contributed by atoms with E-state index in [0.717, 1.165) is 16.7 Å². The van der Waals surface area contributed by atoms with E-state index in [1.54, 1.807) is 29.4 Å². The lowest BCUT2D eigenvalue weighted by Gasteiger charge is -2.31. The topological polar surface area (TPSA) is 71.5 Å². The van der Waals surface area contributed by atoms with Crippen LogP contribution >= 0.6 is 0 Å². The van der Waals surface area contributed by atoms with Crippen LogP contribution in [0.5, 0.6) is 5.75 Å². The first-order valence-corrected chi connectivity index (χ1v) is 11.9. The van der Waals surface area contributed by atoms with Gasteiger partial charge in [-0.1, -0.05) is 84.9 Å². The molecule has 0 aliphatic heterocycles. The average molecular weight is 480 g/mol. The molecule has 1 heterocycles. The summed E-state index contributed by atoms with van der Waals surface area (Å²) in [6.45, 7) is 0.444. The van der Waals surface area contributed by atoms with Crippen LogP contribution in [0.1, 0.15) is 16.7 Å². The standard InChI is InChI=1S/C30H29N3O3/c34-29(23-36-27-16-8-3-9-17-27)33(22-25-13-6-2-7-14-25)28(19-24-11-4-1-5-12-24)30(35)32-21-26-15-10-18-31-20-26/h1-18,20,28H,19,21-23H2,(H,32,35)/t28-/m1/s1. The fourth-order valence-electron chi connectivity index (χ4n) is 3.89. The molecular weight excluding hydrogens is 450 g/mol. The van der Waals surface area contributed by atoms with Crippen molar-refractivity contribution in [2.45, 2.75) is 25.6 Å². The summed E-state index contributed by atoms with van der Waals surface area (Å²) in [6.07, 6.45) is 3.78. The monoisotopic (exact) mass is 479 g/mol. The van der Waals surface area contributed by atoms with Gasteiger partial charge in [0.05, 0.1) is 0 Å². The van der Waals surface area contributed by atoms with Crippen LogP contribution in [0.15, 0.2) is 116 Å². The van der Waals surface area contributed by atoms with Crippen LogP contribution in [0, 0.1) is 0 Å². The molecule has 2 amide bonds. The minimum Gasteiger partial charge on any atom is -0.484 e. The highest BCUT2D eigenvalue weighted by Gasteiger charge is 2.30. The molecule has 3 aromatic carbocycles. The Morgan fingerprint density at radius 1 is 0.778 bits per heavy atom. The van der Waals surface area contributed by atoms with Crippen molar-refractivity contribution in [3.8, 4) is 5.75 Å². The number of para-hydroxylation sites is 1. The van der Waals surface area contributed by atoms with Crippen LogP contribution in [0.2, 0.25) is 0 Å². The lowest BCUT2D eigenvalue weighted by atomic mass is 10.0. The van der Waals surface area contributed by atoms with Crippen LogP contribution in [0.25, 0.3) is 0 Å². The van der Waals surface area contributed by atoms with Gasteiger partial charge in [0.15, 0.2) is 6.61 Å². The zero-order valence-corrected chi connectivity index (χ0v) is 20.0. The molecule has 6 heteroatoms. The summed E-state index contributed by atoms with van der Waals surface area (Å²) in [4.78, 5) is 32.8. The van der Waals surface area contributed by atoms with Crippen molar-refractivity contribution in [1.82, 2.24) is 15.2 Å². The van der Waals surface area contributed by atoms with Crippen molar-refractivity contribution in [2.75, 3.05) is 6.61 Å². The van der Waals surface area contributed by atoms with E-state index in [1.165, 1.54) is 0 Å². The number of nitrogens with one attached hydrogen (secondary N) is 1. The molecule has 4 rings (SSSR count). The van der Waals surface area contributed by atoms with Crippen LogP contribution < -0.4 is 10.1 Å². The van der Waals surface area contributed by atoms with Gasteiger partial charge in [-0.2, -0.15) is 0 Å². The van der Waals surface area contributed by atoms with E-state index in [4.69, 9.17) is 4.74 Å². The van der Waals surface area contributed by atoms with Crippen LogP contribution in [-0.2, 0) is 29.1 Å². The van der Waals surface area contributed by atoms with Crippen molar-refractivity contribution < 1.29 is 14.3 Å². The molecule has 6 nitrogen and oxygen atoms in total. The highest BCUT2D eigenvalue weighted by atomic mass is 16.5. The molecule has 1 aromatic heterocycles. The van der Waals surface area contributed by atoms with Gasteiger partial charge >= 0.3 is 0 Å². The maximum absolute atomic E-state index is 13.6. The van der Waals surface area contributed by atoms with Gasteiger partial charge in [-0.05, 0) is 34.9 Å². The number of benzene rings is 3. The summed E-state index contributed by atoms with van der Waals surface area (Å²) in [5.41, 5.74) is 2.79. The normalized spacial score (nSPS) is 11.3. The third-order valence-electron chi connectivity index (χ3n) is 5.76. The Morgan fingerprint density at radius 2 is 1.39 bits per heavy atom. The first-order valence-electron chi connectivity index (χ1n) is 11.9. The van der Waals surface area contributed by atoms with Gasteiger partial charge in [0.25, 0.3) is 5.91 Å². The number of hydrogen-bond acceptors (Lipinski definition) is 4. The largest absolute Gasteiger partial charge is 0.484 e. The first-order chi connectivity index (χ1) is 17.7. The Hall–Kier alpha value is -4.45. The minimum atomic E-state index is -0.726. The molecule has 0 unspecified atom stereocenters. The molecule has 4 aromatic rings. The van der Waals surface area contributed by atoms with E-state index in [1.807, 2.05) is 91.0 Å². The lowest BCUT2D eigenvalue weighted by Crippen LogP contribution is -2.51. The first kappa shape index (κ1) is 24.7. The summed E-state index contributed by atoms with van der Waals surface area (Å²) in [7, 11) is 0. The lowest BCUT2D eigenvalue weighted by molar-refractivity contribution is -0.142. The van der Waals surface area contributed by atoms with E-state index < -0.39 is 6.04 Å². The number of aromatic nitrogens is 1. The molecule has 0 saturated heterocycles. The molecule has 0 radical (unpaired) electrons. The molecule has 0 saturated carbocycles. The van der Waals surface area contributed by atoms with Gasteiger partial charge in [0.1, 0.15) is 11.8 Å². The van der Waals surface area contributed by atoms with Crippen molar-refractivity contribution in [1.29, 1.82) is 0 Å². The van der Waals surface area contributed by atoms with Gasteiger partial charge in [0, 0.05) is 31.9 Å². The predicted molar refractivity (Wildman–Crippen MR) is 139 cm³/mol. The van der Waals surface area contributed by atoms with Gasteiger partial charge in [-0.25, -0.2) is 0 Å². The Morgan fingerprint density at radius 3 is 2.03 bits per heavy atom. The quantitative estimate of drug-likeness (QED) is 0.346. The number of rotatable bonds is 11. The molecule has 0 aliphatic rings. The summed E-state index contributed by atoms with van der Waals surface area (Å²) in [5.74, 6) is 0.109. The van der Waals surface area contributed by atoms with Crippen LogP contribution in [-0.4, -0.2) is 34.3 Å². The fourth-order valence-corrected chi connectivity index (χ4v) is 3.89. The van der Waals surface area contributed by atoms with E-state index in [-0.39, 0.29) is 25.0 Å². The number of carbonyl (C=O) groups excluding carboxylic acids is 2. The SMILES string of the molecule is O=C(NCc1cccnc1)[C@@H](Cc1ccccc1)N(Cc1ccccc1)C(=O)COc1ccccc1. The molecule has 0 aliphatic carbocycles. The minimum absolute atomic E-state index is 0.169. The van der Waals surface area contributed by atoms with E-state index in [0.29, 0.717) is 18.7 Å². The summed E-state index contributed by atoms with van der Waals surface area (Å²) >= 11 is 0. The Labute approximate surface area is 211 Å². The van der Waals surface area contributed by atoms with Gasteiger partial charge in [0.2, 0.25) is 5.91 Å². The summed E-state index contributed by atoms with van der Waals surface area (Å²) < 4.78 is 5.76. The van der Waals surface area contributed by atoms with Gasteiger partial charge in [-0.3, -0.25) is 14.6 Å². The Kier molecular flexibility index (Phi) is 8.81. The smallest absolute Gasteiger partial charge is 0.261 e. The highest BCUT2D eigenvalue weighted by molar-refractivity contribution is 5.88. The molecule has 36 heavy (non-hydrogen) atoms. The van der Waals surface area contributed by atoms with E-state index >= 15 is 0 Å². The summed E-state index contributed by atoms with van der Waals surface area (Å²) in [6, 6.07) is 31.6. The number of carbonyl (C=O) groups is 2. The Balaban J connectivity index is 1.59. The fraction of sp³-hybridized carbons (Fsp3) is 0.167. The molecule has 0 fully saturated rings. The van der Waals surface area contributed by atoms with E-state index in [9.17, 15) is 9.59 Å². The summed E-state index contributed by atoms with van der Waals surface area (Å²) in [5, 5.41) is 3.00. The molecule has 0 spiro atoms. The molecular formula is C30H29N3O3. The van der Waals surface area contributed by atoms with Crippen molar-refractivity contribution in [3.05, 3.63) is 132 Å². The number of nitrogens with zero attached hydrogens (tertiary/aromatic N) is 2. The van der Waals surface area contributed by atoms with Crippen molar-refractivity contribution >= 4 is 11.8 Å². The van der Waals surface area contributed by atoms with Gasteiger partial charge in [-0.15, -0.1) is 0 Å². The molecule has 1 N–H and O–H groups in total. The predicted octanol–water partition coefficient (Wildman–Crippen LogP) is 4.42. The third kappa shape index (κ3) is 7.27. The third-order valence-corrected chi connectivity index (χ3v) is 5.76. The highest BCUT2D eigenvalue weighted by Crippen LogP contribution is 2.16. The maximum Gasteiger partial charge on any atom is 0.261 e. The second kappa shape index (κ2) is 12.9. The number of ether oxygens (including phenoxy) is 1. The zero-order valence-electron chi connectivity index (χ0n) is 20.0.